The monoisotopic (exact) mass is 319 g/mol. The van der Waals surface area contributed by atoms with Gasteiger partial charge < -0.3 is 20.0 Å². The van der Waals surface area contributed by atoms with Gasteiger partial charge in [0.15, 0.2) is 5.69 Å². The zero-order valence-corrected chi connectivity index (χ0v) is 13.0. The van der Waals surface area contributed by atoms with Crippen molar-refractivity contribution >= 4 is 22.9 Å². The molecule has 0 saturated carbocycles. The van der Waals surface area contributed by atoms with Gasteiger partial charge in [-0.05, 0) is 12.0 Å². The van der Waals surface area contributed by atoms with E-state index in [4.69, 9.17) is 0 Å². The summed E-state index contributed by atoms with van der Waals surface area (Å²) in [7, 11) is 1.21. The van der Waals surface area contributed by atoms with E-state index in [9.17, 15) is 19.7 Å². The van der Waals surface area contributed by atoms with Gasteiger partial charge in [0.25, 0.3) is 17.6 Å². The maximum absolute atomic E-state index is 12.3. The van der Waals surface area contributed by atoms with Crippen LogP contribution in [0.15, 0.2) is 30.5 Å². The Morgan fingerprint density at radius 2 is 1.96 bits per heavy atom. The van der Waals surface area contributed by atoms with Crippen LogP contribution in [0.2, 0.25) is 0 Å². The van der Waals surface area contributed by atoms with Gasteiger partial charge >= 0.3 is 5.97 Å². The summed E-state index contributed by atoms with van der Waals surface area (Å²) >= 11 is 0. The zero-order chi connectivity index (χ0) is 17.1. The van der Waals surface area contributed by atoms with E-state index < -0.39 is 23.6 Å². The highest BCUT2D eigenvalue weighted by Gasteiger charge is 2.27. The van der Waals surface area contributed by atoms with Gasteiger partial charge in [-0.15, -0.1) is 0 Å². The fourth-order valence-corrected chi connectivity index (χ4v) is 2.18. The van der Waals surface area contributed by atoms with Gasteiger partial charge in [0.2, 0.25) is 0 Å². The van der Waals surface area contributed by atoms with E-state index >= 15 is 0 Å². The molecule has 0 spiro atoms. The molecule has 1 amide bonds. The summed E-state index contributed by atoms with van der Waals surface area (Å²) in [5.74, 6) is -1.69. The molecule has 0 saturated heterocycles. The zero-order valence-electron chi connectivity index (χ0n) is 13.0. The first-order chi connectivity index (χ1) is 10.9. The summed E-state index contributed by atoms with van der Waals surface area (Å²) < 4.78 is 5.44. The van der Waals surface area contributed by atoms with Gasteiger partial charge in [-0.3, -0.25) is 4.79 Å². The summed E-state index contributed by atoms with van der Waals surface area (Å²) in [6, 6.07) is 5.20. The van der Waals surface area contributed by atoms with E-state index in [0.29, 0.717) is 9.16 Å². The Balaban J connectivity index is 2.44. The van der Waals surface area contributed by atoms with Crippen molar-refractivity contribution in [3.8, 4) is 0 Å². The normalized spacial score (nSPS) is 12.2. The number of nitrogens with one attached hydrogen (secondary N) is 1. The molecule has 2 aromatic rings. The fourth-order valence-electron chi connectivity index (χ4n) is 2.18. The molecule has 0 radical (unpaired) electrons. The number of hydrogen-bond acceptors (Lipinski definition) is 5. The van der Waals surface area contributed by atoms with Crippen molar-refractivity contribution in [1.29, 1.82) is 0 Å². The molecule has 0 fully saturated rings. The van der Waals surface area contributed by atoms with Crippen LogP contribution in [0.3, 0.4) is 0 Å². The maximum Gasteiger partial charge on any atom is 0.328 e. The van der Waals surface area contributed by atoms with E-state index in [-0.39, 0.29) is 17.0 Å². The van der Waals surface area contributed by atoms with E-state index in [2.05, 4.69) is 10.1 Å². The van der Waals surface area contributed by atoms with Crippen LogP contribution in [0, 0.1) is 16.0 Å². The molecule has 2 rings (SSSR count). The van der Waals surface area contributed by atoms with Gasteiger partial charge in [-0.1, -0.05) is 26.0 Å². The van der Waals surface area contributed by atoms with Crippen LogP contribution in [0.5, 0.6) is 0 Å². The van der Waals surface area contributed by atoms with E-state index in [1.807, 2.05) is 0 Å². The van der Waals surface area contributed by atoms with Crippen molar-refractivity contribution in [2.45, 2.75) is 19.9 Å². The Morgan fingerprint density at radius 3 is 2.57 bits per heavy atom. The number of ether oxygens (including phenoxy) is 1. The number of carbonyl (C=O) groups excluding carboxylic acids is 2. The third kappa shape index (κ3) is 3.15. The quantitative estimate of drug-likeness (QED) is 0.663. The number of carbonyl (C=O) groups is 2. The van der Waals surface area contributed by atoms with Crippen LogP contribution in [-0.4, -0.2) is 29.8 Å². The molecule has 122 valence electrons. The minimum Gasteiger partial charge on any atom is -0.805 e. The molecule has 0 aliphatic carbocycles. The molecule has 1 N–H and O–H groups in total. The van der Waals surface area contributed by atoms with E-state index in [1.54, 1.807) is 26.0 Å². The first-order valence-corrected chi connectivity index (χ1v) is 7.00. The largest absolute Gasteiger partial charge is 0.805 e. The molecule has 1 aromatic heterocycles. The highest BCUT2D eigenvalue weighted by atomic mass is 16.5. The molecule has 0 aliphatic rings. The van der Waals surface area contributed by atoms with Gasteiger partial charge in [-0.2, -0.15) is 0 Å². The second kappa shape index (κ2) is 6.47. The van der Waals surface area contributed by atoms with Crippen LogP contribution >= 0.6 is 0 Å². The second-order valence-corrected chi connectivity index (χ2v) is 5.34. The Morgan fingerprint density at radius 1 is 1.30 bits per heavy atom. The summed E-state index contributed by atoms with van der Waals surface area (Å²) in [6.45, 7) is 3.45. The number of fused-ring (bicyclic) bond motifs is 1. The minimum absolute atomic E-state index is 0.0642. The van der Waals surface area contributed by atoms with Crippen molar-refractivity contribution in [2.24, 2.45) is 5.92 Å². The summed E-state index contributed by atoms with van der Waals surface area (Å²) in [5.41, 5.74) is -0.185. The van der Waals surface area contributed by atoms with E-state index in [1.165, 1.54) is 19.2 Å². The Labute approximate surface area is 131 Å². The van der Waals surface area contributed by atoms with Gasteiger partial charge in [0.1, 0.15) is 11.6 Å². The van der Waals surface area contributed by atoms with Crippen LogP contribution in [0.4, 0.5) is 0 Å². The topological polar surface area (TPSA) is 106 Å². The number of aromatic nitrogens is 2. The standard InChI is InChI=1S/C15H17N3O5/c1-9(2)13(15(20)23-3)16-14(19)12-8-17(21)10-6-4-5-7-11(10)18(12)22/h4-9,13H,1-3H3,(H,16,19). The molecule has 1 heterocycles. The van der Waals surface area contributed by atoms with Crippen LogP contribution in [-0.2, 0) is 9.53 Å². The predicted octanol–water partition coefficient (Wildman–Crippen LogP) is 0.829. The molecule has 0 bridgehead atoms. The summed E-state index contributed by atoms with van der Waals surface area (Å²) in [5, 5.41) is 14.7. The van der Waals surface area contributed by atoms with Gasteiger partial charge in [0, 0.05) is 11.0 Å². The smallest absolute Gasteiger partial charge is 0.328 e. The third-order valence-electron chi connectivity index (χ3n) is 3.44. The van der Waals surface area contributed by atoms with Gasteiger partial charge in [0.05, 0.1) is 11.5 Å². The maximum atomic E-state index is 12.3. The average Bonchev–Trinajstić information content (AvgIpc) is 2.54. The second-order valence-electron chi connectivity index (χ2n) is 5.34. The highest BCUT2D eigenvalue weighted by Crippen LogP contribution is 2.12. The molecule has 0 aliphatic heterocycles. The lowest BCUT2D eigenvalue weighted by Crippen LogP contribution is -2.46. The number of nitrogens with zero attached hydrogens (tertiary/aromatic N) is 2. The summed E-state index contributed by atoms with van der Waals surface area (Å²) in [4.78, 5) is 36.0. The molecule has 8 nitrogen and oxygen atoms in total. The van der Waals surface area contributed by atoms with E-state index in [0.717, 1.165) is 6.20 Å². The van der Waals surface area contributed by atoms with Crippen molar-refractivity contribution in [3.63, 3.8) is 0 Å². The van der Waals surface area contributed by atoms with Crippen molar-refractivity contribution in [1.82, 2.24) is 10.0 Å². The fraction of sp³-hybridized carbons (Fsp3) is 0.333. The predicted molar refractivity (Wildman–Crippen MR) is 82.2 cm³/mol. The summed E-state index contributed by atoms with van der Waals surface area (Å²) in [6.07, 6.45) is 0.888. The lowest BCUT2D eigenvalue weighted by molar-refractivity contribution is -0.464. The molecular weight excluding hydrogens is 302 g/mol. The lowest BCUT2D eigenvalue weighted by Gasteiger charge is -2.21. The van der Waals surface area contributed by atoms with Crippen molar-refractivity contribution < 1.29 is 18.8 Å². The first-order valence-electron chi connectivity index (χ1n) is 7.00. The Hall–Kier alpha value is -2.90. The number of esters is 1. The van der Waals surface area contributed by atoms with Crippen LogP contribution in [0.25, 0.3) is 11.0 Å². The number of benzene rings is 1. The van der Waals surface area contributed by atoms with Crippen LogP contribution < -0.4 is 9.74 Å². The lowest BCUT2D eigenvalue weighted by atomic mass is 10.0. The number of amides is 1. The third-order valence-corrected chi connectivity index (χ3v) is 3.44. The number of rotatable bonds is 4. The minimum atomic E-state index is -0.918. The molecule has 1 aromatic carbocycles. The highest BCUT2D eigenvalue weighted by molar-refractivity contribution is 5.96. The van der Waals surface area contributed by atoms with Crippen molar-refractivity contribution in [3.05, 3.63) is 46.3 Å². The SMILES string of the molecule is COC(=O)C(NC(=O)c1c[n+](=O)c2ccccc2n1[O-])C(C)C. The number of methoxy groups -OCH3 is 1. The van der Waals surface area contributed by atoms with Gasteiger partial charge in [-0.25, -0.2) is 4.79 Å². The first kappa shape index (κ1) is 16.5. The van der Waals surface area contributed by atoms with Crippen molar-refractivity contribution in [2.75, 3.05) is 7.11 Å². The number of para-hydroxylation sites is 2. The Bertz CT molecular complexity index is 812. The Kier molecular flexibility index (Phi) is 4.63. The molecule has 23 heavy (non-hydrogen) atoms. The molecule has 8 heteroatoms. The average molecular weight is 319 g/mol. The molecule has 1 atom stereocenters. The molecular formula is C15H17N3O5. The number of hydrogen-bond donors (Lipinski definition) is 1. The van der Waals surface area contributed by atoms with Crippen LogP contribution in [0.1, 0.15) is 24.3 Å². The molecule has 1 unspecified atom stereocenters.